The average molecular weight is 329 g/mol. The van der Waals surface area contributed by atoms with Gasteiger partial charge in [0.05, 0.1) is 11.6 Å². The zero-order valence-corrected chi connectivity index (χ0v) is 13.2. The van der Waals surface area contributed by atoms with E-state index in [1.54, 1.807) is 6.07 Å². The van der Waals surface area contributed by atoms with E-state index in [1.165, 1.54) is 24.3 Å². The SMILES string of the molecule is N#CCC(=O)Nc1ccc(C(=O)OCC(=O)NC2CCCC2)cc1. The third-order valence-corrected chi connectivity index (χ3v) is 3.70. The van der Waals surface area contributed by atoms with Crippen molar-refractivity contribution in [3.05, 3.63) is 29.8 Å². The first-order chi connectivity index (χ1) is 11.6. The molecule has 0 radical (unpaired) electrons. The monoisotopic (exact) mass is 329 g/mol. The quantitative estimate of drug-likeness (QED) is 0.773. The third-order valence-electron chi connectivity index (χ3n) is 3.70. The maximum atomic E-state index is 11.9. The average Bonchev–Trinajstić information content (AvgIpc) is 3.06. The van der Waals surface area contributed by atoms with Crippen molar-refractivity contribution in [3.63, 3.8) is 0 Å². The van der Waals surface area contributed by atoms with Crippen LogP contribution in [0.2, 0.25) is 0 Å². The van der Waals surface area contributed by atoms with Crippen molar-refractivity contribution in [1.82, 2.24) is 5.32 Å². The van der Waals surface area contributed by atoms with Crippen molar-refractivity contribution in [2.75, 3.05) is 11.9 Å². The van der Waals surface area contributed by atoms with Crippen LogP contribution in [0.15, 0.2) is 24.3 Å². The van der Waals surface area contributed by atoms with Gasteiger partial charge < -0.3 is 15.4 Å². The molecule has 7 heteroatoms. The molecule has 0 heterocycles. The molecule has 0 atom stereocenters. The van der Waals surface area contributed by atoms with Crippen LogP contribution >= 0.6 is 0 Å². The minimum atomic E-state index is -0.605. The fourth-order valence-electron chi connectivity index (χ4n) is 2.52. The third kappa shape index (κ3) is 5.39. The molecular formula is C17H19N3O4. The molecule has 0 aromatic heterocycles. The van der Waals surface area contributed by atoms with Gasteiger partial charge >= 0.3 is 5.97 Å². The number of amides is 2. The van der Waals surface area contributed by atoms with Crippen LogP contribution in [0, 0.1) is 11.3 Å². The Morgan fingerprint density at radius 2 is 1.79 bits per heavy atom. The summed E-state index contributed by atoms with van der Waals surface area (Å²) in [7, 11) is 0. The smallest absolute Gasteiger partial charge is 0.338 e. The van der Waals surface area contributed by atoms with Crippen LogP contribution < -0.4 is 10.6 Å². The number of rotatable bonds is 6. The second kappa shape index (κ2) is 8.67. The van der Waals surface area contributed by atoms with Gasteiger partial charge in [0.1, 0.15) is 6.42 Å². The maximum absolute atomic E-state index is 11.9. The summed E-state index contributed by atoms with van der Waals surface area (Å²) in [5, 5.41) is 13.8. The van der Waals surface area contributed by atoms with E-state index >= 15 is 0 Å². The number of esters is 1. The summed E-state index contributed by atoms with van der Waals surface area (Å²) >= 11 is 0. The zero-order valence-electron chi connectivity index (χ0n) is 13.2. The Balaban J connectivity index is 1.78. The highest BCUT2D eigenvalue weighted by Gasteiger charge is 2.18. The van der Waals surface area contributed by atoms with Crippen LogP contribution in [-0.4, -0.2) is 30.4 Å². The lowest BCUT2D eigenvalue weighted by atomic mass is 10.2. The Bertz CT molecular complexity index is 643. The lowest BCUT2D eigenvalue weighted by Crippen LogP contribution is -2.35. The van der Waals surface area contributed by atoms with Gasteiger partial charge in [-0.05, 0) is 37.1 Å². The van der Waals surface area contributed by atoms with Gasteiger partial charge in [-0.3, -0.25) is 9.59 Å². The summed E-state index contributed by atoms with van der Waals surface area (Å²) in [6.45, 7) is -0.310. The highest BCUT2D eigenvalue weighted by Crippen LogP contribution is 2.17. The first-order valence-electron chi connectivity index (χ1n) is 7.82. The van der Waals surface area contributed by atoms with E-state index in [0.717, 1.165) is 25.7 Å². The van der Waals surface area contributed by atoms with Gasteiger partial charge in [0.15, 0.2) is 6.61 Å². The zero-order chi connectivity index (χ0) is 17.4. The number of nitrogens with one attached hydrogen (secondary N) is 2. The number of carbonyl (C=O) groups is 3. The molecule has 24 heavy (non-hydrogen) atoms. The Hall–Kier alpha value is -2.88. The van der Waals surface area contributed by atoms with Crippen molar-refractivity contribution in [1.29, 1.82) is 5.26 Å². The van der Waals surface area contributed by atoms with E-state index in [-0.39, 0.29) is 30.5 Å². The van der Waals surface area contributed by atoms with Crippen molar-refractivity contribution in [3.8, 4) is 6.07 Å². The van der Waals surface area contributed by atoms with E-state index in [0.29, 0.717) is 5.69 Å². The standard InChI is InChI=1S/C17H19N3O4/c18-10-9-15(21)19-14-7-5-12(6-8-14)17(23)24-11-16(22)20-13-3-1-2-4-13/h5-8,13H,1-4,9,11H2,(H,19,21)(H,20,22). The van der Waals surface area contributed by atoms with E-state index in [9.17, 15) is 14.4 Å². The number of nitriles is 1. The molecule has 0 unspecified atom stereocenters. The van der Waals surface area contributed by atoms with E-state index in [4.69, 9.17) is 10.00 Å². The summed E-state index contributed by atoms with van der Waals surface area (Å²) in [6.07, 6.45) is 3.93. The van der Waals surface area contributed by atoms with Crippen LogP contribution in [0.4, 0.5) is 5.69 Å². The number of hydrogen-bond acceptors (Lipinski definition) is 5. The fourth-order valence-corrected chi connectivity index (χ4v) is 2.52. The van der Waals surface area contributed by atoms with Gasteiger partial charge in [0.25, 0.3) is 5.91 Å². The first-order valence-corrected chi connectivity index (χ1v) is 7.82. The minimum Gasteiger partial charge on any atom is -0.452 e. The Morgan fingerprint density at radius 1 is 1.12 bits per heavy atom. The Labute approximate surface area is 140 Å². The fraction of sp³-hybridized carbons (Fsp3) is 0.412. The van der Waals surface area contributed by atoms with Crippen LogP contribution in [0.3, 0.4) is 0 Å². The minimum absolute atomic E-state index is 0.188. The number of carbonyl (C=O) groups excluding carboxylic acids is 3. The van der Waals surface area contributed by atoms with Crippen molar-refractivity contribution in [2.24, 2.45) is 0 Å². The Kier molecular flexibility index (Phi) is 6.32. The van der Waals surface area contributed by atoms with Crippen molar-refractivity contribution in [2.45, 2.75) is 38.1 Å². The molecule has 0 aliphatic heterocycles. The molecule has 0 spiro atoms. The molecule has 1 fully saturated rings. The molecule has 1 aliphatic rings. The summed E-state index contributed by atoms with van der Waals surface area (Å²) in [6, 6.07) is 7.97. The Morgan fingerprint density at radius 3 is 2.42 bits per heavy atom. The van der Waals surface area contributed by atoms with Crippen molar-refractivity contribution < 1.29 is 19.1 Å². The first kappa shape index (κ1) is 17.5. The molecule has 2 rings (SSSR count). The van der Waals surface area contributed by atoms with Crippen LogP contribution in [0.25, 0.3) is 0 Å². The molecule has 1 aliphatic carbocycles. The van der Waals surface area contributed by atoms with E-state index in [1.807, 2.05) is 0 Å². The highest BCUT2D eigenvalue weighted by molar-refractivity contribution is 5.94. The number of ether oxygens (including phenoxy) is 1. The molecular weight excluding hydrogens is 310 g/mol. The van der Waals surface area contributed by atoms with Crippen LogP contribution in [0.1, 0.15) is 42.5 Å². The summed E-state index contributed by atoms with van der Waals surface area (Å²) in [5.74, 6) is -1.32. The molecule has 1 saturated carbocycles. The predicted molar refractivity (Wildman–Crippen MR) is 86.0 cm³/mol. The normalized spacial score (nSPS) is 13.8. The van der Waals surface area contributed by atoms with Gasteiger partial charge in [0.2, 0.25) is 5.91 Å². The predicted octanol–water partition coefficient (Wildman–Crippen LogP) is 1.75. The molecule has 1 aromatic carbocycles. The number of anilines is 1. The molecule has 7 nitrogen and oxygen atoms in total. The van der Waals surface area contributed by atoms with Crippen LogP contribution in [0.5, 0.6) is 0 Å². The molecule has 1 aromatic rings. The second-order valence-corrected chi connectivity index (χ2v) is 5.59. The lowest BCUT2D eigenvalue weighted by Gasteiger charge is -2.12. The highest BCUT2D eigenvalue weighted by atomic mass is 16.5. The van der Waals surface area contributed by atoms with E-state index in [2.05, 4.69) is 10.6 Å². The molecule has 2 amide bonds. The molecule has 0 saturated heterocycles. The number of benzene rings is 1. The van der Waals surface area contributed by atoms with Crippen molar-refractivity contribution >= 4 is 23.5 Å². The van der Waals surface area contributed by atoms with Gasteiger partial charge in [-0.1, -0.05) is 12.8 Å². The largest absolute Gasteiger partial charge is 0.452 e. The van der Waals surface area contributed by atoms with Gasteiger partial charge in [-0.2, -0.15) is 5.26 Å². The second-order valence-electron chi connectivity index (χ2n) is 5.59. The van der Waals surface area contributed by atoms with Gasteiger partial charge in [0, 0.05) is 11.7 Å². The van der Waals surface area contributed by atoms with Gasteiger partial charge in [-0.15, -0.1) is 0 Å². The summed E-state index contributed by atoms with van der Waals surface area (Å²) in [5.41, 5.74) is 0.757. The topological polar surface area (TPSA) is 108 Å². The number of nitrogens with zero attached hydrogens (tertiary/aromatic N) is 1. The van der Waals surface area contributed by atoms with E-state index < -0.39 is 11.9 Å². The maximum Gasteiger partial charge on any atom is 0.338 e. The number of hydrogen-bond donors (Lipinski definition) is 2. The molecule has 0 bridgehead atoms. The van der Waals surface area contributed by atoms with Gasteiger partial charge in [-0.25, -0.2) is 4.79 Å². The molecule has 126 valence electrons. The summed E-state index contributed by atoms with van der Waals surface area (Å²) in [4.78, 5) is 34.9. The summed E-state index contributed by atoms with van der Waals surface area (Å²) < 4.78 is 4.98. The molecule has 2 N–H and O–H groups in total. The van der Waals surface area contributed by atoms with Crippen LogP contribution in [-0.2, 0) is 14.3 Å². The lowest BCUT2D eigenvalue weighted by molar-refractivity contribution is -0.124.